The summed E-state index contributed by atoms with van der Waals surface area (Å²) in [7, 11) is -2.81. The third-order valence-electron chi connectivity index (χ3n) is 5.71. The van der Waals surface area contributed by atoms with E-state index in [2.05, 4.69) is 5.32 Å². The summed E-state index contributed by atoms with van der Waals surface area (Å²) in [4.78, 5) is 27.6. The van der Waals surface area contributed by atoms with E-state index in [9.17, 15) is 22.4 Å². The normalized spacial score (nSPS) is 12.0. The quantitative estimate of drug-likeness (QED) is 0.379. The number of carbonyl (C=O) groups is 2. The van der Waals surface area contributed by atoms with Gasteiger partial charge in [-0.15, -0.1) is 0 Å². The largest absolute Gasteiger partial charge is 0.357 e. The molecule has 37 heavy (non-hydrogen) atoms. The van der Waals surface area contributed by atoms with Gasteiger partial charge in [0.1, 0.15) is 18.4 Å². The summed E-state index contributed by atoms with van der Waals surface area (Å²) >= 11 is 12.4. The minimum atomic E-state index is -4.27. The summed E-state index contributed by atoms with van der Waals surface area (Å²) in [5.74, 6) is -1.63. The molecule has 0 aliphatic rings. The molecule has 0 aromatic heterocycles. The van der Waals surface area contributed by atoms with Crippen molar-refractivity contribution in [1.82, 2.24) is 10.2 Å². The van der Waals surface area contributed by atoms with E-state index >= 15 is 0 Å². The molecule has 0 radical (unpaired) electrons. The lowest BCUT2D eigenvalue weighted by Gasteiger charge is -2.33. The van der Waals surface area contributed by atoms with Gasteiger partial charge in [0.15, 0.2) is 0 Å². The van der Waals surface area contributed by atoms with Crippen LogP contribution in [0.25, 0.3) is 0 Å². The van der Waals surface area contributed by atoms with Gasteiger partial charge in [-0.2, -0.15) is 0 Å². The fourth-order valence-corrected chi connectivity index (χ4v) is 5.66. The van der Waals surface area contributed by atoms with Crippen molar-refractivity contribution in [2.45, 2.75) is 30.8 Å². The molecule has 196 valence electrons. The van der Waals surface area contributed by atoms with Crippen LogP contribution in [-0.2, 0) is 26.2 Å². The van der Waals surface area contributed by atoms with Crippen LogP contribution in [-0.4, -0.2) is 44.8 Å². The van der Waals surface area contributed by atoms with Gasteiger partial charge >= 0.3 is 0 Å². The molecule has 1 atom stereocenters. The van der Waals surface area contributed by atoms with Crippen LogP contribution in [0.4, 0.5) is 10.1 Å². The Hall–Kier alpha value is -3.14. The minimum absolute atomic E-state index is 0.0556. The second kappa shape index (κ2) is 12.4. The number of carbonyl (C=O) groups excluding carboxylic acids is 2. The zero-order valence-corrected chi connectivity index (χ0v) is 22.5. The van der Waals surface area contributed by atoms with Gasteiger partial charge in [-0.25, -0.2) is 12.8 Å². The van der Waals surface area contributed by atoms with E-state index in [4.69, 9.17) is 23.2 Å². The number of hydrogen-bond acceptors (Lipinski definition) is 4. The number of amides is 2. The first-order valence-electron chi connectivity index (χ1n) is 11.4. The number of likely N-dealkylation sites (N-methyl/N-ethyl adjacent to an activating group) is 1. The summed E-state index contributed by atoms with van der Waals surface area (Å²) in [6.07, 6.45) is 0.271. The topological polar surface area (TPSA) is 86.8 Å². The lowest BCUT2D eigenvalue weighted by atomic mass is 10.1. The molecule has 3 aromatic rings. The second-order valence-electron chi connectivity index (χ2n) is 8.10. The minimum Gasteiger partial charge on any atom is -0.357 e. The maximum atomic E-state index is 13.8. The lowest BCUT2D eigenvalue weighted by Crippen LogP contribution is -2.51. The molecule has 1 N–H and O–H groups in total. The predicted molar refractivity (Wildman–Crippen MR) is 143 cm³/mol. The van der Waals surface area contributed by atoms with Crippen molar-refractivity contribution in [2.75, 3.05) is 17.9 Å². The first-order valence-corrected chi connectivity index (χ1v) is 13.6. The maximum absolute atomic E-state index is 13.8. The number of nitrogens with one attached hydrogen (secondary N) is 1. The van der Waals surface area contributed by atoms with Crippen LogP contribution in [0.1, 0.15) is 18.9 Å². The molecule has 3 rings (SSSR count). The van der Waals surface area contributed by atoms with Gasteiger partial charge in [0.25, 0.3) is 10.0 Å². The smallest absolute Gasteiger partial charge is 0.264 e. The van der Waals surface area contributed by atoms with Crippen molar-refractivity contribution in [3.63, 3.8) is 0 Å². The van der Waals surface area contributed by atoms with Gasteiger partial charge in [0, 0.05) is 23.6 Å². The molecule has 7 nitrogen and oxygen atoms in total. The van der Waals surface area contributed by atoms with Gasteiger partial charge in [0.05, 0.1) is 10.6 Å². The Morgan fingerprint density at radius 2 is 1.65 bits per heavy atom. The highest BCUT2D eigenvalue weighted by Crippen LogP contribution is 2.27. The number of benzene rings is 3. The molecule has 0 heterocycles. The molecular formula is C26H26Cl2FN3O4S. The van der Waals surface area contributed by atoms with E-state index < -0.39 is 40.2 Å². The summed E-state index contributed by atoms with van der Waals surface area (Å²) < 4.78 is 41.6. The van der Waals surface area contributed by atoms with E-state index in [0.717, 1.165) is 28.6 Å². The van der Waals surface area contributed by atoms with Crippen molar-refractivity contribution in [3.8, 4) is 0 Å². The average Bonchev–Trinajstić information content (AvgIpc) is 2.88. The van der Waals surface area contributed by atoms with E-state index in [1.165, 1.54) is 18.0 Å². The molecule has 3 aromatic carbocycles. The first-order chi connectivity index (χ1) is 17.6. The number of para-hydroxylation sites is 1. The van der Waals surface area contributed by atoms with E-state index in [1.54, 1.807) is 49.4 Å². The summed E-state index contributed by atoms with van der Waals surface area (Å²) in [5, 5.41) is 3.26. The van der Waals surface area contributed by atoms with Crippen molar-refractivity contribution in [1.29, 1.82) is 0 Å². The standard InChI is InChI=1S/C26H26Cl2FN3O4S/c1-3-24(26(34)30-2)31(16-18-9-10-19(27)15-23(18)28)25(33)17-32(21-7-5-4-6-8-21)37(35,36)22-13-11-20(29)12-14-22/h4-15,24H,3,16-17H2,1-2H3,(H,30,34). The molecule has 1 unspecified atom stereocenters. The Balaban J connectivity index is 2.05. The van der Waals surface area contributed by atoms with E-state index in [-0.39, 0.29) is 23.5 Å². The van der Waals surface area contributed by atoms with Crippen LogP contribution in [0.2, 0.25) is 10.0 Å². The van der Waals surface area contributed by atoms with Gasteiger partial charge in [0.2, 0.25) is 11.8 Å². The predicted octanol–water partition coefficient (Wildman–Crippen LogP) is 4.88. The maximum Gasteiger partial charge on any atom is 0.264 e. The molecule has 0 fully saturated rings. The Morgan fingerprint density at radius 3 is 2.22 bits per heavy atom. The van der Waals surface area contributed by atoms with Crippen LogP contribution < -0.4 is 9.62 Å². The summed E-state index contributed by atoms with van der Waals surface area (Å²) in [5.41, 5.74) is 0.770. The highest BCUT2D eigenvalue weighted by molar-refractivity contribution is 7.92. The van der Waals surface area contributed by atoms with Gasteiger partial charge < -0.3 is 10.2 Å². The Morgan fingerprint density at radius 1 is 1.00 bits per heavy atom. The number of sulfonamides is 1. The molecule has 0 bridgehead atoms. The Kier molecular flexibility index (Phi) is 9.53. The number of hydrogen-bond donors (Lipinski definition) is 1. The Labute approximate surface area is 225 Å². The molecule has 11 heteroatoms. The van der Waals surface area contributed by atoms with Crippen molar-refractivity contribution >= 4 is 50.7 Å². The highest BCUT2D eigenvalue weighted by Gasteiger charge is 2.33. The summed E-state index contributed by atoms with van der Waals surface area (Å²) in [6, 6.07) is 16.3. The Bertz CT molecular complexity index is 1360. The molecule has 0 spiro atoms. The van der Waals surface area contributed by atoms with Gasteiger partial charge in [-0.05, 0) is 60.5 Å². The van der Waals surface area contributed by atoms with Crippen LogP contribution >= 0.6 is 23.2 Å². The van der Waals surface area contributed by atoms with Crippen molar-refractivity contribution < 1.29 is 22.4 Å². The van der Waals surface area contributed by atoms with Crippen molar-refractivity contribution in [2.24, 2.45) is 0 Å². The fourth-order valence-electron chi connectivity index (χ4n) is 3.78. The second-order valence-corrected chi connectivity index (χ2v) is 10.8. The van der Waals surface area contributed by atoms with Crippen LogP contribution in [0, 0.1) is 5.82 Å². The third kappa shape index (κ3) is 6.80. The summed E-state index contributed by atoms with van der Waals surface area (Å²) in [6.45, 7) is 1.08. The first kappa shape index (κ1) is 28.4. The fraction of sp³-hybridized carbons (Fsp3) is 0.231. The van der Waals surface area contributed by atoms with E-state index in [1.807, 2.05) is 0 Å². The highest BCUT2D eigenvalue weighted by atomic mass is 35.5. The molecule has 0 saturated heterocycles. The monoisotopic (exact) mass is 565 g/mol. The zero-order chi connectivity index (χ0) is 27.2. The van der Waals surface area contributed by atoms with Gasteiger partial charge in [-0.3, -0.25) is 13.9 Å². The van der Waals surface area contributed by atoms with E-state index in [0.29, 0.717) is 15.6 Å². The molecular weight excluding hydrogens is 540 g/mol. The number of rotatable bonds is 10. The van der Waals surface area contributed by atoms with Crippen molar-refractivity contribution in [3.05, 3.63) is 94.2 Å². The van der Waals surface area contributed by atoms with Crippen LogP contribution in [0.3, 0.4) is 0 Å². The number of nitrogens with zero attached hydrogens (tertiary/aromatic N) is 2. The van der Waals surface area contributed by atoms with Crippen LogP contribution in [0.5, 0.6) is 0 Å². The molecule has 0 aliphatic carbocycles. The zero-order valence-electron chi connectivity index (χ0n) is 20.2. The molecule has 0 aliphatic heterocycles. The molecule has 0 saturated carbocycles. The number of anilines is 1. The van der Waals surface area contributed by atoms with Crippen LogP contribution in [0.15, 0.2) is 77.7 Å². The SMILES string of the molecule is CCC(C(=O)NC)N(Cc1ccc(Cl)cc1Cl)C(=O)CN(c1ccccc1)S(=O)(=O)c1ccc(F)cc1. The molecule has 2 amide bonds. The lowest BCUT2D eigenvalue weighted by molar-refractivity contribution is -0.140. The van der Waals surface area contributed by atoms with Gasteiger partial charge in [-0.1, -0.05) is 54.4 Å². The third-order valence-corrected chi connectivity index (χ3v) is 8.09. The average molecular weight is 566 g/mol. The number of halogens is 3.